The first-order chi connectivity index (χ1) is 9.33. The minimum absolute atomic E-state index is 0.0642. The Bertz CT molecular complexity index is 384. The van der Waals surface area contributed by atoms with Gasteiger partial charge in [-0.2, -0.15) is 0 Å². The summed E-state index contributed by atoms with van der Waals surface area (Å²) in [5.74, 6) is 0.831. The third-order valence-electron chi connectivity index (χ3n) is 4.93. The van der Waals surface area contributed by atoms with Crippen molar-refractivity contribution in [1.82, 2.24) is 4.90 Å². The fraction of sp³-hybridized carbons (Fsp3) is 0.647. The molecule has 19 heavy (non-hydrogen) atoms. The van der Waals surface area contributed by atoms with E-state index in [1.807, 2.05) is 0 Å². The van der Waals surface area contributed by atoms with E-state index in [1.54, 1.807) is 0 Å². The molecule has 0 radical (unpaired) electrons. The van der Waals surface area contributed by atoms with Crippen molar-refractivity contribution in [2.24, 2.45) is 5.92 Å². The average Bonchev–Trinajstić information content (AvgIpc) is 2.87. The lowest BCUT2D eigenvalue weighted by molar-refractivity contribution is 0.0482. The summed E-state index contributed by atoms with van der Waals surface area (Å²) >= 11 is 0. The molecule has 2 atom stereocenters. The molecule has 3 rings (SSSR count). The molecule has 1 saturated carbocycles. The Morgan fingerprint density at radius 3 is 2.37 bits per heavy atom. The summed E-state index contributed by atoms with van der Waals surface area (Å²) in [6.07, 6.45) is 7.15. The van der Waals surface area contributed by atoms with Gasteiger partial charge in [0.05, 0.1) is 6.10 Å². The number of piperidine rings is 1. The number of likely N-dealkylation sites (tertiary alicyclic amines) is 1. The van der Waals surface area contributed by atoms with Crippen molar-refractivity contribution in [1.29, 1.82) is 0 Å². The van der Waals surface area contributed by atoms with Crippen LogP contribution in [0, 0.1) is 5.92 Å². The summed E-state index contributed by atoms with van der Waals surface area (Å²) in [4.78, 5) is 2.54. The predicted octanol–water partition coefficient (Wildman–Crippen LogP) is 2.85. The van der Waals surface area contributed by atoms with Crippen LogP contribution < -0.4 is 0 Å². The van der Waals surface area contributed by atoms with E-state index < -0.39 is 0 Å². The van der Waals surface area contributed by atoms with Crippen molar-refractivity contribution in [2.75, 3.05) is 13.1 Å². The lowest BCUT2D eigenvalue weighted by Crippen LogP contribution is -2.45. The predicted molar refractivity (Wildman–Crippen MR) is 78.1 cm³/mol. The van der Waals surface area contributed by atoms with Crippen LogP contribution in [0.25, 0.3) is 0 Å². The van der Waals surface area contributed by atoms with E-state index in [1.165, 1.54) is 50.8 Å². The maximum atomic E-state index is 10.0. The average molecular weight is 259 g/mol. The molecule has 1 aromatic carbocycles. The van der Waals surface area contributed by atoms with E-state index in [2.05, 4.69) is 35.2 Å². The van der Waals surface area contributed by atoms with Crippen molar-refractivity contribution >= 4 is 0 Å². The van der Waals surface area contributed by atoms with Crippen LogP contribution in [-0.4, -0.2) is 35.2 Å². The van der Waals surface area contributed by atoms with Crippen LogP contribution in [0.5, 0.6) is 0 Å². The van der Waals surface area contributed by atoms with E-state index in [9.17, 15) is 5.11 Å². The SMILES string of the molecule is O[C@H]1CCC[C@@H]1N1CCC(Cc2ccccc2)CC1. The minimum Gasteiger partial charge on any atom is -0.391 e. The van der Waals surface area contributed by atoms with Crippen LogP contribution in [-0.2, 0) is 6.42 Å². The topological polar surface area (TPSA) is 23.5 Å². The van der Waals surface area contributed by atoms with Crippen molar-refractivity contribution in [3.05, 3.63) is 35.9 Å². The van der Waals surface area contributed by atoms with E-state index >= 15 is 0 Å². The van der Waals surface area contributed by atoms with Crippen LogP contribution in [0.15, 0.2) is 30.3 Å². The normalized spacial score (nSPS) is 29.7. The summed E-state index contributed by atoms with van der Waals surface area (Å²) < 4.78 is 0. The first-order valence-corrected chi connectivity index (χ1v) is 7.79. The van der Waals surface area contributed by atoms with Gasteiger partial charge in [0, 0.05) is 6.04 Å². The second-order valence-electron chi connectivity index (χ2n) is 6.23. The standard InChI is InChI=1S/C17H25NO/c19-17-8-4-7-16(17)18-11-9-15(10-12-18)13-14-5-2-1-3-6-14/h1-3,5-6,15-17,19H,4,7-13H2/t16-,17-/m0/s1. The molecule has 2 heteroatoms. The molecule has 1 aliphatic heterocycles. The van der Waals surface area contributed by atoms with Crippen molar-refractivity contribution in [3.63, 3.8) is 0 Å². The number of aliphatic hydroxyl groups excluding tert-OH is 1. The molecule has 0 bridgehead atoms. The van der Waals surface area contributed by atoms with E-state index in [-0.39, 0.29) is 6.10 Å². The molecule has 0 spiro atoms. The Hall–Kier alpha value is -0.860. The Morgan fingerprint density at radius 2 is 1.74 bits per heavy atom. The molecule has 1 saturated heterocycles. The van der Waals surface area contributed by atoms with Gasteiger partial charge < -0.3 is 5.11 Å². The summed E-state index contributed by atoms with van der Waals surface area (Å²) in [7, 11) is 0. The van der Waals surface area contributed by atoms with Gasteiger partial charge in [-0.25, -0.2) is 0 Å². The van der Waals surface area contributed by atoms with Gasteiger partial charge in [0.25, 0.3) is 0 Å². The number of rotatable bonds is 3. The first kappa shape index (κ1) is 13.1. The number of hydrogen-bond acceptors (Lipinski definition) is 2. The summed E-state index contributed by atoms with van der Waals surface area (Å²) in [6, 6.07) is 11.3. The van der Waals surface area contributed by atoms with Crippen LogP contribution in [0.3, 0.4) is 0 Å². The zero-order chi connectivity index (χ0) is 13.1. The zero-order valence-corrected chi connectivity index (χ0v) is 11.7. The molecule has 2 nitrogen and oxygen atoms in total. The molecule has 1 aromatic rings. The summed E-state index contributed by atoms with van der Waals surface area (Å²) in [6.45, 7) is 2.36. The molecular weight excluding hydrogens is 234 g/mol. The van der Waals surface area contributed by atoms with Crippen molar-refractivity contribution in [3.8, 4) is 0 Å². The number of nitrogens with zero attached hydrogens (tertiary/aromatic N) is 1. The third-order valence-corrected chi connectivity index (χ3v) is 4.93. The molecule has 104 valence electrons. The quantitative estimate of drug-likeness (QED) is 0.902. The largest absolute Gasteiger partial charge is 0.391 e. The van der Waals surface area contributed by atoms with Crippen LogP contribution >= 0.6 is 0 Å². The van der Waals surface area contributed by atoms with Crippen LogP contribution in [0.2, 0.25) is 0 Å². The lowest BCUT2D eigenvalue weighted by Gasteiger charge is -2.37. The summed E-state index contributed by atoms with van der Waals surface area (Å²) in [5, 5.41) is 10.0. The molecule has 2 fully saturated rings. The van der Waals surface area contributed by atoms with Gasteiger partial charge >= 0.3 is 0 Å². The fourth-order valence-electron chi connectivity index (χ4n) is 3.78. The molecule has 1 N–H and O–H groups in total. The van der Waals surface area contributed by atoms with Gasteiger partial charge in [-0.1, -0.05) is 30.3 Å². The molecule has 1 heterocycles. The Balaban J connectivity index is 1.49. The smallest absolute Gasteiger partial charge is 0.0695 e. The van der Waals surface area contributed by atoms with Gasteiger partial charge in [-0.15, -0.1) is 0 Å². The van der Waals surface area contributed by atoms with Gasteiger partial charge in [0.2, 0.25) is 0 Å². The van der Waals surface area contributed by atoms with E-state index in [4.69, 9.17) is 0 Å². The van der Waals surface area contributed by atoms with Crippen LogP contribution in [0.4, 0.5) is 0 Å². The first-order valence-electron chi connectivity index (χ1n) is 7.79. The fourth-order valence-corrected chi connectivity index (χ4v) is 3.78. The number of aliphatic hydroxyl groups is 1. The molecule has 2 aliphatic rings. The molecular formula is C17H25NO. The maximum Gasteiger partial charge on any atom is 0.0695 e. The Kier molecular flexibility index (Phi) is 4.19. The highest BCUT2D eigenvalue weighted by molar-refractivity contribution is 5.15. The van der Waals surface area contributed by atoms with Gasteiger partial charge in [-0.3, -0.25) is 4.90 Å². The van der Waals surface area contributed by atoms with Gasteiger partial charge in [-0.05, 0) is 63.1 Å². The van der Waals surface area contributed by atoms with Crippen molar-refractivity contribution < 1.29 is 5.11 Å². The van der Waals surface area contributed by atoms with E-state index in [0.717, 1.165) is 12.3 Å². The lowest BCUT2D eigenvalue weighted by atomic mass is 9.89. The number of benzene rings is 1. The highest BCUT2D eigenvalue weighted by Crippen LogP contribution is 2.29. The molecule has 0 amide bonds. The molecule has 0 unspecified atom stereocenters. The highest BCUT2D eigenvalue weighted by atomic mass is 16.3. The Morgan fingerprint density at radius 1 is 1.00 bits per heavy atom. The highest BCUT2D eigenvalue weighted by Gasteiger charge is 2.32. The Labute approximate surface area is 116 Å². The van der Waals surface area contributed by atoms with E-state index in [0.29, 0.717) is 6.04 Å². The van der Waals surface area contributed by atoms with Crippen LogP contribution in [0.1, 0.15) is 37.7 Å². The monoisotopic (exact) mass is 259 g/mol. The zero-order valence-electron chi connectivity index (χ0n) is 11.7. The molecule has 0 aromatic heterocycles. The van der Waals surface area contributed by atoms with Gasteiger partial charge in [0.1, 0.15) is 0 Å². The second-order valence-corrected chi connectivity index (χ2v) is 6.23. The number of hydrogen-bond donors (Lipinski definition) is 1. The van der Waals surface area contributed by atoms with Crippen molar-refractivity contribution in [2.45, 2.75) is 50.7 Å². The second kappa shape index (κ2) is 6.06. The summed E-state index contributed by atoms with van der Waals surface area (Å²) in [5.41, 5.74) is 1.47. The molecule has 1 aliphatic carbocycles. The third kappa shape index (κ3) is 3.18. The minimum atomic E-state index is -0.0642. The van der Waals surface area contributed by atoms with Gasteiger partial charge in [0.15, 0.2) is 0 Å². The maximum absolute atomic E-state index is 10.0.